The maximum absolute atomic E-state index is 11.6. The molecule has 1 aromatic rings. The fourth-order valence-corrected chi connectivity index (χ4v) is 1.55. The van der Waals surface area contributed by atoms with Gasteiger partial charge in [-0.2, -0.15) is 0 Å². The fourth-order valence-electron chi connectivity index (χ4n) is 1.55. The lowest BCUT2D eigenvalue weighted by Gasteiger charge is -2.15. The van der Waals surface area contributed by atoms with Gasteiger partial charge in [0.05, 0.1) is 13.2 Å². The average molecular weight is 236 g/mol. The van der Waals surface area contributed by atoms with E-state index in [1.807, 2.05) is 38.2 Å². The van der Waals surface area contributed by atoms with Crippen LogP contribution in [0.5, 0.6) is 5.75 Å². The Morgan fingerprint density at radius 2 is 2.24 bits per heavy atom. The first kappa shape index (κ1) is 13.5. The van der Waals surface area contributed by atoms with Crippen LogP contribution in [0.15, 0.2) is 24.3 Å². The molecule has 2 N–H and O–H groups in total. The number of carbonyl (C=O) groups excluding carboxylic acids is 1. The largest absolute Gasteiger partial charge is 0.497 e. The van der Waals surface area contributed by atoms with Crippen LogP contribution in [-0.4, -0.2) is 26.6 Å². The second kappa shape index (κ2) is 6.91. The molecule has 17 heavy (non-hydrogen) atoms. The lowest BCUT2D eigenvalue weighted by Crippen LogP contribution is -2.29. The third-order valence-corrected chi connectivity index (χ3v) is 2.57. The molecule has 0 spiro atoms. The van der Waals surface area contributed by atoms with Gasteiger partial charge in [-0.05, 0) is 31.7 Å². The topological polar surface area (TPSA) is 50.4 Å². The summed E-state index contributed by atoms with van der Waals surface area (Å²) in [4.78, 5) is 11.6. The minimum Gasteiger partial charge on any atom is -0.497 e. The number of hydrogen-bond donors (Lipinski definition) is 2. The molecule has 0 radical (unpaired) electrons. The molecule has 94 valence electrons. The van der Waals surface area contributed by atoms with E-state index >= 15 is 0 Å². The van der Waals surface area contributed by atoms with Gasteiger partial charge in [-0.1, -0.05) is 12.1 Å². The highest BCUT2D eigenvalue weighted by Crippen LogP contribution is 2.18. The molecular formula is C13H20N2O2. The highest BCUT2D eigenvalue weighted by atomic mass is 16.5. The second-order valence-corrected chi connectivity index (χ2v) is 3.92. The molecule has 1 amide bonds. The molecule has 4 nitrogen and oxygen atoms in total. The van der Waals surface area contributed by atoms with Crippen LogP contribution >= 0.6 is 0 Å². The highest BCUT2D eigenvalue weighted by molar-refractivity contribution is 5.76. The number of carbonyl (C=O) groups is 1. The van der Waals surface area contributed by atoms with Crippen molar-refractivity contribution in [1.29, 1.82) is 0 Å². The number of benzene rings is 1. The fraction of sp³-hybridized carbons (Fsp3) is 0.462. The molecule has 1 atom stereocenters. The van der Waals surface area contributed by atoms with E-state index in [0.717, 1.165) is 11.3 Å². The SMILES string of the molecule is CNCCC(=O)NC(C)c1cccc(OC)c1. The average Bonchev–Trinajstić information content (AvgIpc) is 2.36. The van der Waals surface area contributed by atoms with Gasteiger partial charge in [0.1, 0.15) is 5.75 Å². The minimum atomic E-state index is -0.00513. The molecule has 1 aromatic carbocycles. The number of methoxy groups -OCH3 is 1. The first-order valence-electron chi connectivity index (χ1n) is 5.75. The van der Waals surface area contributed by atoms with Crippen molar-refractivity contribution in [3.63, 3.8) is 0 Å². The van der Waals surface area contributed by atoms with Gasteiger partial charge in [0, 0.05) is 13.0 Å². The normalized spacial score (nSPS) is 11.9. The van der Waals surface area contributed by atoms with Crippen molar-refractivity contribution in [2.24, 2.45) is 0 Å². The third kappa shape index (κ3) is 4.44. The number of rotatable bonds is 6. The van der Waals surface area contributed by atoms with Gasteiger partial charge in [-0.15, -0.1) is 0 Å². The van der Waals surface area contributed by atoms with Gasteiger partial charge in [-0.3, -0.25) is 4.79 Å². The summed E-state index contributed by atoms with van der Waals surface area (Å²) in [7, 11) is 3.47. The summed E-state index contributed by atoms with van der Waals surface area (Å²) in [5.74, 6) is 0.855. The summed E-state index contributed by atoms with van der Waals surface area (Å²) in [5.41, 5.74) is 1.04. The number of amides is 1. The van der Waals surface area contributed by atoms with Crippen molar-refractivity contribution < 1.29 is 9.53 Å². The van der Waals surface area contributed by atoms with Crippen molar-refractivity contribution in [3.05, 3.63) is 29.8 Å². The highest BCUT2D eigenvalue weighted by Gasteiger charge is 2.09. The van der Waals surface area contributed by atoms with Crippen molar-refractivity contribution in [2.45, 2.75) is 19.4 Å². The predicted molar refractivity (Wildman–Crippen MR) is 68.1 cm³/mol. The van der Waals surface area contributed by atoms with E-state index in [2.05, 4.69) is 10.6 Å². The number of hydrogen-bond acceptors (Lipinski definition) is 3. The lowest BCUT2D eigenvalue weighted by molar-refractivity contribution is -0.121. The van der Waals surface area contributed by atoms with Gasteiger partial charge >= 0.3 is 0 Å². The second-order valence-electron chi connectivity index (χ2n) is 3.92. The van der Waals surface area contributed by atoms with Gasteiger partial charge in [0.2, 0.25) is 5.91 Å². The quantitative estimate of drug-likeness (QED) is 0.786. The predicted octanol–water partition coefficient (Wildman–Crippen LogP) is 1.48. The Balaban J connectivity index is 2.56. The molecule has 0 heterocycles. The Hall–Kier alpha value is -1.55. The summed E-state index contributed by atoms with van der Waals surface area (Å²) < 4.78 is 5.15. The van der Waals surface area contributed by atoms with E-state index in [-0.39, 0.29) is 11.9 Å². The van der Waals surface area contributed by atoms with Gasteiger partial charge < -0.3 is 15.4 Å². The van der Waals surface area contributed by atoms with E-state index < -0.39 is 0 Å². The van der Waals surface area contributed by atoms with Crippen LogP contribution in [0.3, 0.4) is 0 Å². The molecule has 0 aromatic heterocycles. The van der Waals surface area contributed by atoms with Crippen LogP contribution < -0.4 is 15.4 Å². The standard InChI is InChI=1S/C13H20N2O2/c1-10(15-13(16)7-8-14-2)11-5-4-6-12(9-11)17-3/h4-6,9-10,14H,7-8H2,1-3H3,(H,15,16). The van der Waals surface area contributed by atoms with Gasteiger partial charge in [0.25, 0.3) is 0 Å². The van der Waals surface area contributed by atoms with Crippen molar-refractivity contribution in [1.82, 2.24) is 10.6 Å². The van der Waals surface area contributed by atoms with E-state index in [9.17, 15) is 4.79 Å². The minimum absolute atomic E-state index is 0.00513. The summed E-state index contributed by atoms with van der Waals surface area (Å²) in [5, 5.41) is 5.90. The Morgan fingerprint density at radius 1 is 1.47 bits per heavy atom. The van der Waals surface area contributed by atoms with Crippen LogP contribution in [0.4, 0.5) is 0 Å². The Labute approximate surface area is 102 Å². The molecule has 0 bridgehead atoms. The zero-order chi connectivity index (χ0) is 12.7. The summed E-state index contributed by atoms with van der Waals surface area (Å²) >= 11 is 0. The molecule has 0 aliphatic heterocycles. The van der Waals surface area contributed by atoms with Crippen LogP contribution in [0, 0.1) is 0 Å². The summed E-state index contributed by atoms with van der Waals surface area (Å²) in [6, 6.07) is 7.72. The molecular weight excluding hydrogens is 216 g/mol. The zero-order valence-electron chi connectivity index (χ0n) is 10.6. The molecule has 0 fully saturated rings. The smallest absolute Gasteiger partial charge is 0.221 e. The molecule has 0 saturated heterocycles. The van der Waals surface area contributed by atoms with Crippen molar-refractivity contribution >= 4 is 5.91 Å². The summed E-state index contributed by atoms with van der Waals surface area (Å²) in [6.45, 7) is 2.66. The molecule has 0 aliphatic rings. The Morgan fingerprint density at radius 3 is 2.88 bits per heavy atom. The molecule has 4 heteroatoms. The maximum Gasteiger partial charge on any atom is 0.221 e. The molecule has 0 aliphatic carbocycles. The summed E-state index contributed by atoms with van der Waals surface area (Å²) in [6.07, 6.45) is 0.491. The van der Waals surface area contributed by atoms with Crippen LogP contribution in [-0.2, 0) is 4.79 Å². The first-order valence-corrected chi connectivity index (χ1v) is 5.75. The Kier molecular flexibility index (Phi) is 5.49. The lowest BCUT2D eigenvalue weighted by atomic mass is 10.1. The van der Waals surface area contributed by atoms with Gasteiger partial charge in [-0.25, -0.2) is 0 Å². The third-order valence-electron chi connectivity index (χ3n) is 2.57. The van der Waals surface area contributed by atoms with E-state index in [1.54, 1.807) is 7.11 Å². The monoisotopic (exact) mass is 236 g/mol. The van der Waals surface area contributed by atoms with Crippen LogP contribution in [0.2, 0.25) is 0 Å². The molecule has 0 saturated carbocycles. The first-order chi connectivity index (χ1) is 8.17. The van der Waals surface area contributed by atoms with Crippen molar-refractivity contribution in [2.75, 3.05) is 20.7 Å². The Bertz CT molecular complexity index is 366. The van der Waals surface area contributed by atoms with E-state index in [0.29, 0.717) is 13.0 Å². The zero-order valence-corrected chi connectivity index (χ0v) is 10.6. The number of nitrogens with one attached hydrogen (secondary N) is 2. The van der Waals surface area contributed by atoms with Gasteiger partial charge in [0.15, 0.2) is 0 Å². The van der Waals surface area contributed by atoms with Crippen molar-refractivity contribution in [3.8, 4) is 5.75 Å². The van der Waals surface area contributed by atoms with E-state index in [1.165, 1.54) is 0 Å². The molecule has 1 unspecified atom stereocenters. The van der Waals surface area contributed by atoms with Crippen LogP contribution in [0.1, 0.15) is 24.9 Å². The molecule has 1 rings (SSSR count). The van der Waals surface area contributed by atoms with Crippen LogP contribution in [0.25, 0.3) is 0 Å². The number of ether oxygens (including phenoxy) is 1. The van der Waals surface area contributed by atoms with E-state index in [4.69, 9.17) is 4.74 Å². The maximum atomic E-state index is 11.6.